The lowest BCUT2D eigenvalue weighted by Gasteiger charge is -2.19. The highest BCUT2D eigenvalue weighted by Crippen LogP contribution is 2.48. The third-order valence-corrected chi connectivity index (χ3v) is 8.11. The van der Waals surface area contributed by atoms with Gasteiger partial charge in [0.05, 0.1) is 15.0 Å². The molecule has 7 heteroatoms. The molecule has 0 spiro atoms. The molecule has 1 aromatic rings. The first-order valence-corrected chi connectivity index (χ1v) is 8.62. The molecule has 1 aliphatic rings. The summed E-state index contributed by atoms with van der Waals surface area (Å²) in [5.74, 6) is 0.890. The molecular weight excluding hydrogens is 300 g/mol. The Morgan fingerprint density at radius 1 is 1.50 bits per heavy atom. The van der Waals surface area contributed by atoms with Crippen molar-refractivity contribution in [1.29, 1.82) is 0 Å². The van der Waals surface area contributed by atoms with Crippen LogP contribution in [0.15, 0.2) is 8.42 Å². The van der Waals surface area contributed by atoms with E-state index in [1.807, 2.05) is 23.5 Å². The Kier molecular flexibility index (Phi) is 4.72. The minimum atomic E-state index is -0.194. The molecule has 0 N–H and O–H groups in total. The molecule has 2 heterocycles. The zero-order chi connectivity index (χ0) is 11.5. The van der Waals surface area contributed by atoms with Crippen molar-refractivity contribution in [3.63, 3.8) is 0 Å². The van der Waals surface area contributed by atoms with Gasteiger partial charge in [0, 0.05) is 17.9 Å². The molecule has 16 heavy (non-hydrogen) atoms. The Balaban J connectivity index is 1.87. The largest absolute Gasteiger partial charge is 0.466 e. The van der Waals surface area contributed by atoms with Crippen molar-refractivity contribution >= 4 is 64.4 Å². The van der Waals surface area contributed by atoms with Crippen LogP contribution in [0.5, 0.6) is 0 Å². The monoisotopic (exact) mass is 310 g/mol. The molecule has 0 saturated carbocycles. The van der Waals surface area contributed by atoms with E-state index in [-0.39, 0.29) is 5.97 Å². The van der Waals surface area contributed by atoms with Gasteiger partial charge in [-0.2, -0.15) is 0 Å². The van der Waals surface area contributed by atoms with Crippen LogP contribution in [0.1, 0.15) is 13.3 Å². The van der Waals surface area contributed by atoms with E-state index in [0.29, 0.717) is 11.9 Å². The second-order valence-electron chi connectivity index (χ2n) is 3.21. The lowest BCUT2D eigenvalue weighted by Crippen LogP contribution is -2.13. The van der Waals surface area contributed by atoms with Crippen LogP contribution in [0.3, 0.4) is 0 Å². The molecule has 0 aliphatic carbocycles. The van der Waals surface area contributed by atoms with Crippen molar-refractivity contribution in [3.8, 4) is 0 Å². The van der Waals surface area contributed by atoms with Crippen LogP contribution in [0.2, 0.25) is 0 Å². The molecule has 1 aliphatic heterocycles. The van der Waals surface area contributed by atoms with E-state index in [9.17, 15) is 4.79 Å². The standard InChI is InChI=1S/C9H10O2S5/c1-5(10)11-3-2-6-4-13-7-8(14-6)16-9(12)15-7/h6H,2-4H2,1H3. The second-order valence-corrected chi connectivity index (χ2v) is 9.29. The SMILES string of the molecule is CC(=O)OCCC1CSc2sc(=S)sc2S1. The molecule has 1 atom stereocenters. The summed E-state index contributed by atoms with van der Waals surface area (Å²) >= 11 is 12.4. The van der Waals surface area contributed by atoms with Crippen LogP contribution < -0.4 is 0 Å². The molecule has 0 radical (unpaired) electrons. The number of carbonyl (C=O) groups is 1. The number of carbonyl (C=O) groups excluding carboxylic acids is 1. The van der Waals surface area contributed by atoms with E-state index in [2.05, 4.69) is 0 Å². The second kappa shape index (κ2) is 5.86. The van der Waals surface area contributed by atoms with Gasteiger partial charge in [-0.3, -0.25) is 4.79 Å². The Morgan fingerprint density at radius 3 is 3.00 bits per heavy atom. The number of esters is 1. The highest BCUT2D eigenvalue weighted by atomic mass is 32.2. The van der Waals surface area contributed by atoms with E-state index in [1.165, 1.54) is 15.3 Å². The maximum atomic E-state index is 10.6. The van der Waals surface area contributed by atoms with E-state index in [1.54, 1.807) is 22.7 Å². The van der Waals surface area contributed by atoms with Crippen LogP contribution in [0.4, 0.5) is 0 Å². The summed E-state index contributed by atoms with van der Waals surface area (Å²) in [5.41, 5.74) is 0. The van der Waals surface area contributed by atoms with E-state index in [4.69, 9.17) is 17.0 Å². The number of rotatable bonds is 3. The molecule has 0 saturated heterocycles. The van der Waals surface area contributed by atoms with Gasteiger partial charge >= 0.3 is 5.97 Å². The minimum Gasteiger partial charge on any atom is -0.466 e. The van der Waals surface area contributed by atoms with Gasteiger partial charge in [0.25, 0.3) is 0 Å². The lowest BCUT2D eigenvalue weighted by atomic mass is 10.3. The fraction of sp³-hybridized carbons (Fsp3) is 0.556. The van der Waals surface area contributed by atoms with Gasteiger partial charge in [0.15, 0.2) is 0 Å². The van der Waals surface area contributed by atoms with Crippen molar-refractivity contribution in [2.24, 2.45) is 0 Å². The van der Waals surface area contributed by atoms with Gasteiger partial charge in [-0.25, -0.2) is 0 Å². The van der Waals surface area contributed by atoms with Gasteiger partial charge in [0.1, 0.15) is 3.14 Å². The van der Waals surface area contributed by atoms with Gasteiger partial charge in [0.2, 0.25) is 0 Å². The van der Waals surface area contributed by atoms with Crippen LogP contribution in [0.25, 0.3) is 0 Å². The van der Waals surface area contributed by atoms with Crippen molar-refractivity contribution < 1.29 is 9.53 Å². The molecule has 2 nitrogen and oxygen atoms in total. The van der Waals surface area contributed by atoms with Crippen molar-refractivity contribution in [1.82, 2.24) is 0 Å². The maximum absolute atomic E-state index is 10.6. The molecule has 1 unspecified atom stereocenters. The summed E-state index contributed by atoms with van der Waals surface area (Å²) in [6.45, 7) is 1.98. The van der Waals surface area contributed by atoms with Crippen LogP contribution in [-0.4, -0.2) is 23.6 Å². The summed E-state index contributed by atoms with van der Waals surface area (Å²) in [5, 5.41) is 0.539. The van der Waals surface area contributed by atoms with E-state index in [0.717, 1.165) is 15.3 Å². The molecule has 0 bridgehead atoms. The Bertz CT molecular complexity index is 435. The molecular formula is C9H10O2S5. The minimum absolute atomic E-state index is 0.194. The number of thioether (sulfide) groups is 2. The quantitative estimate of drug-likeness (QED) is 0.620. The van der Waals surface area contributed by atoms with Crippen LogP contribution in [-0.2, 0) is 9.53 Å². The average Bonchev–Trinajstić information content (AvgIpc) is 2.56. The summed E-state index contributed by atoms with van der Waals surface area (Å²) in [6, 6.07) is 0. The summed E-state index contributed by atoms with van der Waals surface area (Å²) in [7, 11) is 0. The fourth-order valence-electron chi connectivity index (χ4n) is 1.25. The van der Waals surface area contributed by atoms with Crippen molar-refractivity contribution in [3.05, 3.63) is 3.14 Å². The predicted molar refractivity (Wildman–Crippen MR) is 74.6 cm³/mol. The van der Waals surface area contributed by atoms with Gasteiger partial charge in [-0.05, 0) is 6.42 Å². The summed E-state index contributed by atoms with van der Waals surface area (Å²) < 4.78 is 8.68. The topological polar surface area (TPSA) is 26.3 Å². The third-order valence-electron chi connectivity index (χ3n) is 1.94. The first-order chi connectivity index (χ1) is 7.65. The van der Waals surface area contributed by atoms with Crippen LogP contribution in [0, 0.1) is 3.14 Å². The lowest BCUT2D eigenvalue weighted by molar-refractivity contribution is -0.141. The fourth-order valence-corrected chi connectivity index (χ4v) is 7.91. The van der Waals surface area contributed by atoms with Crippen molar-refractivity contribution in [2.75, 3.05) is 12.4 Å². The highest BCUT2D eigenvalue weighted by molar-refractivity contribution is 8.08. The molecule has 2 rings (SSSR count). The molecule has 0 aromatic carbocycles. The van der Waals surface area contributed by atoms with E-state index >= 15 is 0 Å². The number of hydrogen-bond donors (Lipinski definition) is 0. The maximum Gasteiger partial charge on any atom is 0.302 e. The number of fused-ring (bicyclic) bond motifs is 1. The van der Waals surface area contributed by atoms with Crippen LogP contribution >= 0.6 is 58.4 Å². The number of ether oxygens (including phenoxy) is 1. The zero-order valence-electron chi connectivity index (χ0n) is 8.56. The third kappa shape index (κ3) is 3.46. The Morgan fingerprint density at radius 2 is 2.25 bits per heavy atom. The highest BCUT2D eigenvalue weighted by Gasteiger charge is 2.22. The van der Waals surface area contributed by atoms with E-state index < -0.39 is 0 Å². The summed E-state index contributed by atoms with van der Waals surface area (Å²) in [4.78, 5) is 10.6. The van der Waals surface area contributed by atoms with Gasteiger partial charge in [-0.15, -0.1) is 46.2 Å². The van der Waals surface area contributed by atoms with Gasteiger partial charge in [-0.1, -0.05) is 12.2 Å². The Labute approximate surface area is 116 Å². The first-order valence-electron chi connectivity index (χ1n) is 4.72. The zero-order valence-corrected chi connectivity index (χ0v) is 12.6. The van der Waals surface area contributed by atoms with Crippen molar-refractivity contribution in [2.45, 2.75) is 27.0 Å². The Hall–Kier alpha value is 0.440. The molecule has 1 aromatic heterocycles. The molecule has 0 fully saturated rings. The average molecular weight is 311 g/mol. The van der Waals surface area contributed by atoms with Gasteiger partial charge < -0.3 is 4.74 Å². The first kappa shape index (κ1) is 12.9. The number of hydrogen-bond acceptors (Lipinski definition) is 7. The predicted octanol–water partition coefficient (Wildman–Crippen LogP) is 4.06. The molecule has 88 valence electrons. The summed E-state index contributed by atoms with van der Waals surface area (Å²) in [6.07, 6.45) is 0.923. The smallest absolute Gasteiger partial charge is 0.302 e. The molecule has 0 amide bonds. The normalized spacial score (nSPS) is 19.2.